The van der Waals surface area contributed by atoms with Crippen molar-refractivity contribution in [2.75, 3.05) is 0 Å². The molecule has 0 amide bonds. The topological polar surface area (TPSA) is 29.5 Å². The van der Waals surface area contributed by atoms with Gasteiger partial charge in [0.15, 0.2) is 5.79 Å². The highest BCUT2D eigenvalue weighted by atomic mass is 16.6. The Labute approximate surface area is 146 Å². The van der Waals surface area contributed by atoms with E-state index in [2.05, 4.69) is 49.4 Å². The maximum Gasteiger partial charge on any atom is 0.166 e. The lowest BCUT2D eigenvalue weighted by Crippen LogP contribution is -2.41. The molecule has 1 saturated carbocycles. The second-order valence-corrected chi connectivity index (χ2v) is 7.28. The Morgan fingerprint density at radius 2 is 1.92 bits per heavy atom. The fourth-order valence-corrected chi connectivity index (χ4v) is 3.85. The lowest BCUT2D eigenvalue weighted by Gasteiger charge is -2.39. The van der Waals surface area contributed by atoms with Crippen molar-refractivity contribution >= 4 is 0 Å². The molecule has 0 radical (unpaired) electrons. The van der Waals surface area contributed by atoms with E-state index in [9.17, 15) is 5.11 Å². The molecule has 1 atom stereocenters. The molecule has 2 nitrogen and oxygen atoms in total. The molecule has 0 aromatic heterocycles. The Kier molecular flexibility index (Phi) is 5.91. The van der Waals surface area contributed by atoms with Gasteiger partial charge in [0.05, 0.1) is 6.10 Å². The number of allylic oxidation sites excluding steroid dienone is 2. The van der Waals surface area contributed by atoms with Crippen LogP contribution >= 0.6 is 0 Å². The zero-order chi connectivity index (χ0) is 16.8. The average molecular weight is 326 g/mol. The fraction of sp³-hybridized carbons (Fsp3) is 0.545. The van der Waals surface area contributed by atoms with Crippen molar-refractivity contribution < 1.29 is 9.84 Å². The molecule has 2 aliphatic rings. The second-order valence-electron chi connectivity index (χ2n) is 7.28. The molecule has 0 spiro atoms. The van der Waals surface area contributed by atoms with E-state index in [0.717, 1.165) is 50.9 Å². The van der Waals surface area contributed by atoms with Crippen molar-refractivity contribution in [1.29, 1.82) is 0 Å². The van der Waals surface area contributed by atoms with Crippen LogP contribution in [0.3, 0.4) is 0 Å². The van der Waals surface area contributed by atoms with Crippen LogP contribution in [0.5, 0.6) is 0 Å². The molecule has 1 N–H and O–H groups in total. The van der Waals surface area contributed by atoms with Gasteiger partial charge in [0.2, 0.25) is 0 Å². The van der Waals surface area contributed by atoms with E-state index in [0.29, 0.717) is 0 Å². The summed E-state index contributed by atoms with van der Waals surface area (Å²) in [7, 11) is 0. The van der Waals surface area contributed by atoms with Gasteiger partial charge < -0.3 is 9.84 Å². The third kappa shape index (κ3) is 4.58. The standard InChI is InChI=1S/C22H30O2/c1-2-18-13-15-22(23,16-14-18)24-21(20-11-7-4-8-12-20)17-19-9-5-3-6-10-19/h3,5-7,9-12,18,21,23H,2,4,8,13-17H2,1H3/t18?,21-,22?/m1/s1. The van der Waals surface area contributed by atoms with Gasteiger partial charge in [0.1, 0.15) is 0 Å². The first-order valence-corrected chi connectivity index (χ1v) is 9.49. The van der Waals surface area contributed by atoms with Crippen molar-refractivity contribution in [2.24, 2.45) is 5.92 Å². The van der Waals surface area contributed by atoms with Gasteiger partial charge in [0.25, 0.3) is 0 Å². The molecule has 24 heavy (non-hydrogen) atoms. The van der Waals surface area contributed by atoms with Crippen molar-refractivity contribution in [3.8, 4) is 0 Å². The Morgan fingerprint density at radius 1 is 1.17 bits per heavy atom. The van der Waals surface area contributed by atoms with Crippen LogP contribution in [-0.4, -0.2) is 17.0 Å². The summed E-state index contributed by atoms with van der Waals surface area (Å²) >= 11 is 0. The van der Waals surface area contributed by atoms with E-state index >= 15 is 0 Å². The first kappa shape index (κ1) is 17.4. The maximum absolute atomic E-state index is 11.0. The molecular weight excluding hydrogens is 296 g/mol. The summed E-state index contributed by atoms with van der Waals surface area (Å²) in [4.78, 5) is 0. The first-order chi connectivity index (χ1) is 11.7. The Bertz CT molecular complexity index is 565. The molecule has 1 fully saturated rings. The summed E-state index contributed by atoms with van der Waals surface area (Å²) in [6, 6.07) is 10.5. The number of hydrogen-bond donors (Lipinski definition) is 1. The first-order valence-electron chi connectivity index (χ1n) is 9.49. The van der Waals surface area contributed by atoms with Gasteiger partial charge in [-0.2, -0.15) is 0 Å². The quantitative estimate of drug-likeness (QED) is 0.730. The van der Waals surface area contributed by atoms with Crippen LogP contribution in [0.4, 0.5) is 0 Å². The maximum atomic E-state index is 11.0. The summed E-state index contributed by atoms with van der Waals surface area (Å²) in [5, 5.41) is 11.0. The zero-order valence-corrected chi connectivity index (χ0v) is 14.8. The van der Waals surface area contributed by atoms with E-state index in [1.807, 2.05) is 6.07 Å². The SMILES string of the molecule is CCC1CCC(O)(O[C@H](Cc2ccccc2)C2=CCCC=C2)CC1. The predicted octanol–water partition coefficient (Wildman–Crippen LogP) is 5.18. The average Bonchev–Trinajstić information content (AvgIpc) is 2.63. The molecule has 2 heteroatoms. The highest BCUT2D eigenvalue weighted by Gasteiger charge is 2.36. The predicted molar refractivity (Wildman–Crippen MR) is 98.7 cm³/mol. The largest absolute Gasteiger partial charge is 0.365 e. The number of ether oxygens (including phenoxy) is 1. The lowest BCUT2D eigenvalue weighted by molar-refractivity contribution is -0.241. The molecule has 0 aliphatic heterocycles. The fourth-order valence-electron chi connectivity index (χ4n) is 3.85. The molecule has 1 aromatic rings. The van der Waals surface area contributed by atoms with Gasteiger partial charge in [0, 0.05) is 19.3 Å². The van der Waals surface area contributed by atoms with Gasteiger partial charge >= 0.3 is 0 Å². The molecule has 1 aromatic carbocycles. The number of benzene rings is 1. The van der Waals surface area contributed by atoms with Gasteiger partial charge in [-0.1, -0.05) is 61.9 Å². The summed E-state index contributed by atoms with van der Waals surface area (Å²) in [6.07, 6.45) is 14.4. The van der Waals surface area contributed by atoms with Crippen LogP contribution in [0.25, 0.3) is 0 Å². The normalized spacial score (nSPS) is 28.4. The number of rotatable bonds is 6. The van der Waals surface area contributed by atoms with E-state index in [-0.39, 0.29) is 6.10 Å². The molecule has 0 bridgehead atoms. The molecule has 2 aliphatic carbocycles. The molecule has 0 unspecified atom stereocenters. The third-order valence-electron chi connectivity index (χ3n) is 5.48. The van der Waals surface area contributed by atoms with Gasteiger partial charge in [-0.3, -0.25) is 0 Å². The Morgan fingerprint density at radius 3 is 2.54 bits per heavy atom. The Hall–Kier alpha value is -1.38. The second kappa shape index (κ2) is 8.13. The third-order valence-corrected chi connectivity index (χ3v) is 5.48. The summed E-state index contributed by atoms with van der Waals surface area (Å²) < 4.78 is 6.35. The minimum absolute atomic E-state index is 0.0628. The molecule has 0 saturated heterocycles. The van der Waals surface area contributed by atoms with E-state index < -0.39 is 5.79 Å². The van der Waals surface area contributed by atoms with E-state index in [1.54, 1.807) is 0 Å². The van der Waals surface area contributed by atoms with Gasteiger partial charge in [-0.05, 0) is 42.7 Å². The molecule has 0 heterocycles. The monoisotopic (exact) mass is 326 g/mol. The molecule has 3 rings (SSSR count). The van der Waals surface area contributed by atoms with Crippen LogP contribution in [-0.2, 0) is 11.2 Å². The van der Waals surface area contributed by atoms with Crippen LogP contribution in [0.15, 0.2) is 54.1 Å². The van der Waals surface area contributed by atoms with Crippen molar-refractivity contribution in [1.82, 2.24) is 0 Å². The minimum Gasteiger partial charge on any atom is -0.365 e. The van der Waals surface area contributed by atoms with Crippen LogP contribution in [0.1, 0.15) is 57.4 Å². The molecule has 130 valence electrons. The van der Waals surface area contributed by atoms with Gasteiger partial charge in [-0.25, -0.2) is 0 Å². The van der Waals surface area contributed by atoms with Crippen LogP contribution in [0, 0.1) is 5.92 Å². The lowest BCUT2D eigenvalue weighted by atomic mass is 9.83. The van der Waals surface area contributed by atoms with Crippen LogP contribution < -0.4 is 0 Å². The minimum atomic E-state index is -0.961. The summed E-state index contributed by atoms with van der Waals surface area (Å²) in [6.45, 7) is 2.24. The number of aliphatic hydroxyl groups is 1. The van der Waals surface area contributed by atoms with Crippen LogP contribution in [0.2, 0.25) is 0 Å². The van der Waals surface area contributed by atoms with E-state index in [1.165, 1.54) is 17.6 Å². The number of hydrogen-bond acceptors (Lipinski definition) is 2. The highest BCUT2D eigenvalue weighted by molar-refractivity contribution is 5.29. The van der Waals surface area contributed by atoms with Gasteiger partial charge in [-0.15, -0.1) is 0 Å². The Balaban J connectivity index is 1.72. The smallest absolute Gasteiger partial charge is 0.166 e. The zero-order valence-electron chi connectivity index (χ0n) is 14.8. The highest BCUT2D eigenvalue weighted by Crippen LogP contribution is 2.36. The van der Waals surface area contributed by atoms with E-state index in [4.69, 9.17) is 4.74 Å². The van der Waals surface area contributed by atoms with Crippen molar-refractivity contribution in [3.63, 3.8) is 0 Å². The molecular formula is C22H30O2. The summed E-state index contributed by atoms with van der Waals surface area (Å²) in [5.74, 6) is -0.215. The summed E-state index contributed by atoms with van der Waals surface area (Å²) in [5.41, 5.74) is 2.48. The van der Waals surface area contributed by atoms with Crippen molar-refractivity contribution in [3.05, 3.63) is 59.7 Å². The van der Waals surface area contributed by atoms with Crippen molar-refractivity contribution in [2.45, 2.75) is 70.2 Å².